The van der Waals surface area contributed by atoms with Gasteiger partial charge in [-0.15, -0.1) is 0 Å². The predicted molar refractivity (Wildman–Crippen MR) is 128 cm³/mol. The lowest BCUT2D eigenvalue weighted by Gasteiger charge is -2.24. The van der Waals surface area contributed by atoms with Crippen LogP contribution in [0.5, 0.6) is 0 Å². The number of hydrogen-bond donors (Lipinski definition) is 1. The lowest BCUT2D eigenvalue weighted by molar-refractivity contribution is -0.114. The zero-order chi connectivity index (χ0) is 23.8. The molecule has 0 bridgehead atoms. The van der Waals surface area contributed by atoms with Gasteiger partial charge in [0, 0.05) is 5.69 Å². The first kappa shape index (κ1) is 24.0. The Morgan fingerprint density at radius 1 is 0.879 bits per heavy atom. The molecule has 172 valence electrons. The SMILES string of the molecule is CCOC(=O)c1ccc(NC(=O)CN(c2ccc(CC)cc2)S(=O)(=O)c2ccccc2)cc1. The molecule has 0 saturated heterocycles. The molecule has 8 heteroatoms. The van der Waals surface area contributed by atoms with Crippen LogP contribution in [0.25, 0.3) is 0 Å². The zero-order valence-corrected chi connectivity index (χ0v) is 19.3. The summed E-state index contributed by atoms with van der Waals surface area (Å²) >= 11 is 0. The maximum atomic E-state index is 13.4. The van der Waals surface area contributed by atoms with Gasteiger partial charge in [0.05, 0.1) is 22.8 Å². The summed E-state index contributed by atoms with van der Waals surface area (Å²) in [7, 11) is -3.97. The molecule has 3 rings (SSSR count). The molecule has 3 aromatic carbocycles. The van der Waals surface area contributed by atoms with Crippen molar-refractivity contribution in [2.75, 3.05) is 22.8 Å². The van der Waals surface area contributed by atoms with Gasteiger partial charge in [-0.3, -0.25) is 9.10 Å². The van der Waals surface area contributed by atoms with Crippen molar-refractivity contribution in [1.29, 1.82) is 0 Å². The van der Waals surface area contributed by atoms with Crippen molar-refractivity contribution in [3.8, 4) is 0 Å². The van der Waals surface area contributed by atoms with Crippen LogP contribution >= 0.6 is 0 Å². The zero-order valence-electron chi connectivity index (χ0n) is 18.5. The van der Waals surface area contributed by atoms with Gasteiger partial charge in [0.1, 0.15) is 6.54 Å². The predicted octanol–water partition coefficient (Wildman–Crippen LogP) is 4.26. The fourth-order valence-corrected chi connectivity index (χ4v) is 4.61. The largest absolute Gasteiger partial charge is 0.462 e. The van der Waals surface area contributed by atoms with E-state index in [2.05, 4.69) is 5.32 Å². The van der Waals surface area contributed by atoms with Crippen molar-refractivity contribution in [3.63, 3.8) is 0 Å². The standard InChI is InChI=1S/C25H26N2O5S/c1-3-19-10-16-22(17-11-19)27(33(30,31)23-8-6-5-7-9-23)18-24(28)26-21-14-12-20(13-15-21)25(29)32-4-2/h5-17H,3-4,18H2,1-2H3,(H,26,28). The van der Waals surface area contributed by atoms with E-state index in [-0.39, 0.29) is 11.5 Å². The van der Waals surface area contributed by atoms with Crippen molar-refractivity contribution in [3.05, 3.63) is 90.0 Å². The fourth-order valence-electron chi connectivity index (χ4n) is 3.17. The van der Waals surface area contributed by atoms with Crippen LogP contribution in [0, 0.1) is 0 Å². The van der Waals surface area contributed by atoms with Crippen molar-refractivity contribution < 1.29 is 22.7 Å². The third kappa shape index (κ3) is 5.98. The van der Waals surface area contributed by atoms with Crippen LogP contribution in [0.15, 0.2) is 83.8 Å². The smallest absolute Gasteiger partial charge is 0.338 e. The lowest BCUT2D eigenvalue weighted by Crippen LogP contribution is -2.38. The molecule has 33 heavy (non-hydrogen) atoms. The summed E-state index contributed by atoms with van der Waals surface area (Å²) in [6, 6.07) is 21.3. The number of esters is 1. The van der Waals surface area contributed by atoms with Crippen LogP contribution < -0.4 is 9.62 Å². The summed E-state index contributed by atoms with van der Waals surface area (Å²) in [5.74, 6) is -0.969. The number of carbonyl (C=O) groups excluding carboxylic acids is 2. The molecule has 0 aliphatic carbocycles. The Bertz CT molecular complexity index is 1190. The monoisotopic (exact) mass is 466 g/mol. The highest BCUT2D eigenvalue weighted by Crippen LogP contribution is 2.24. The summed E-state index contributed by atoms with van der Waals surface area (Å²) in [6.07, 6.45) is 0.813. The first-order valence-electron chi connectivity index (χ1n) is 10.6. The summed E-state index contributed by atoms with van der Waals surface area (Å²) in [5, 5.41) is 2.69. The molecule has 0 atom stereocenters. The van der Waals surface area contributed by atoms with Crippen molar-refractivity contribution in [2.45, 2.75) is 25.2 Å². The van der Waals surface area contributed by atoms with Gasteiger partial charge in [0.2, 0.25) is 5.91 Å². The Morgan fingerprint density at radius 2 is 1.52 bits per heavy atom. The quantitative estimate of drug-likeness (QED) is 0.476. The van der Waals surface area contributed by atoms with Crippen LogP contribution in [0.2, 0.25) is 0 Å². The lowest BCUT2D eigenvalue weighted by atomic mass is 10.1. The summed E-state index contributed by atoms with van der Waals surface area (Å²) in [6.45, 7) is 3.58. The van der Waals surface area contributed by atoms with E-state index in [1.165, 1.54) is 24.3 Å². The molecule has 0 radical (unpaired) electrons. The second kappa shape index (κ2) is 10.8. The highest BCUT2D eigenvalue weighted by Gasteiger charge is 2.27. The first-order valence-corrected chi connectivity index (χ1v) is 12.0. The van der Waals surface area contributed by atoms with E-state index in [0.29, 0.717) is 16.9 Å². The Labute approximate surface area is 194 Å². The molecule has 0 fully saturated rings. The number of nitrogens with one attached hydrogen (secondary N) is 1. The van der Waals surface area contributed by atoms with Crippen molar-refractivity contribution in [2.24, 2.45) is 0 Å². The molecule has 7 nitrogen and oxygen atoms in total. The number of hydrogen-bond acceptors (Lipinski definition) is 5. The Kier molecular flexibility index (Phi) is 7.84. The van der Waals surface area contributed by atoms with Gasteiger partial charge in [0.15, 0.2) is 0 Å². The third-order valence-electron chi connectivity index (χ3n) is 4.93. The molecule has 0 aromatic heterocycles. The van der Waals surface area contributed by atoms with Gasteiger partial charge in [-0.2, -0.15) is 0 Å². The molecule has 0 aliphatic rings. The molecule has 0 unspecified atom stereocenters. The maximum absolute atomic E-state index is 13.4. The highest BCUT2D eigenvalue weighted by atomic mass is 32.2. The van der Waals surface area contributed by atoms with Gasteiger partial charge in [-0.25, -0.2) is 13.2 Å². The van der Waals surface area contributed by atoms with Crippen molar-refractivity contribution >= 4 is 33.3 Å². The number of nitrogens with zero attached hydrogens (tertiary/aromatic N) is 1. The molecule has 3 aromatic rings. The number of aryl methyl sites for hydroxylation is 1. The second-order valence-electron chi connectivity index (χ2n) is 7.19. The van der Waals surface area contributed by atoms with E-state index in [4.69, 9.17) is 4.74 Å². The van der Waals surface area contributed by atoms with Gasteiger partial charge in [0.25, 0.3) is 10.0 Å². The summed E-state index contributed by atoms with van der Waals surface area (Å²) in [5.41, 5.74) is 2.25. The first-order chi connectivity index (χ1) is 15.8. The van der Waals surface area contributed by atoms with E-state index in [0.717, 1.165) is 16.3 Å². The Balaban J connectivity index is 1.83. The average molecular weight is 467 g/mol. The van der Waals surface area contributed by atoms with E-state index in [1.807, 2.05) is 19.1 Å². The molecule has 1 amide bonds. The maximum Gasteiger partial charge on any atom is 0.338 e. The minimum Gasteiger partial charge on any atom is -0.462 e. The summed E-state index contributed by atoms with van der Waals surface area (Å²) in [4.78, 5) is 24.7. The molecule has 0 spiro atoms. The fraction of sp³-hybridized carbons (Fsp3) is 0.200. The number of carbonyl (C=O) groups is 2. The van der Waals surface area contributed by atoms with Gasteiger partial charge >= 0.3 is 5.97 Å². The number of ether oxygens (including phenoxy) is 1. The molecule has 0 saturated carbocycles. The Hall–Kier alpha value is -3.65. The normalized spacial score (nSPS) is 11.0. The van der Waals surface area contributed by atoms with E-state index in [9.17, 15) is 18.0 Å². The van der Waals surface area contributed by atoms with E-state index >= 15 is 0 Å². The Morgan fingerprint density at radius 3 is 2.09 bits per heavy atom. The molecule has 0 heterocycles. The van der Waals surface area contributed by atoms with E-state index < -0.39 is 28.4 Å². The van der Waals surface area contributed by atoms with Gasteiger partial charge in [-0.1, -0.05) is 37.3 Å². The topological polar surface area (TPSA) is 92.8 Å². The minimum atomic E-state index is -3.97. The number of benzene rings is 3. The highest BCUT2D eigenvalue weighted by molar-refractivity contribution is 7.92. The summed E-state index contributed by atoms with van der Waals surface area (Å²) < 4.78 is 32.7. The van der Waals surface area contributed by atoms with Crippen molar-refractivity contribution in [1.82, 2.24) is 0 Å². The van der Waals surface area contributed by atoms with Crippen LogP contribution in [-0.4, -0.2) is 33.4 Å². The average Bonchev–Trinajstić information content (AvgIpc) is 2.83. The van der Waals surface area contributed by atoms with Crippen LogP contribution in [0.3, 0.4) is 0 Å². The number of sulfonamides is 1. The number of anilines is 2. The van der Waals surface area contributed by atoms with Crippen LogP contribution in [-0.2, 0) is 26.0 Å². The molecule has 1 N–H and O–H groups in total. The van der Waals surface area contributed by atoms with Gasteiger partial charge in [-0.05, 0) is 67.4 Å². The van der Waals surface area contributed by atoms with Crippen LogP contribution in [0.1, 0.15) is 29.8 Å². The molecular weight excluding hydrogens is 440 g/mol. The van der Waals surface area contributed by atoms with E-state index in [1.54, 1.807) is 49.4 Å². The molecule has 0 aliphatic heterocycles. The third-order valence-corrected chi connectivity index (χ3v) is 6.72. The van der Waals surface area contributed by atoms with Gasteiger partial charge < -0.3 is 10.1 Å². The molecular formula is C25H26N2O5S. The number of rotatable bonds is 9. The second-order valence-corrected chi connectivity index (χ2v) is 9.05. The van der Waals surface area contributed by atoms with Crippen LogP contribution in [0.4, 0.5) is 11.4 Å². The number of amides is 1. The minimum absolute atomic E-state index is 0.0937.